The van der Waals surface area contributed by atoms with Crippen molar-refractivity contribution in [2.45, 2.75) is 32.1 Å². The predicted molar refractivity (Wildman–Crippen MR) is 79.0 cm³/mol. The highest BCUT2D eigenvalue weighted by Crippen LogP contribution is 2.26. The number of thiocarbonyl (C=S) groups is 1. The topological polar surface area (TPSA) is 68.0 Å². The zero-order chi connectivity index (χ0) is 13.7. The molecule has 5 heteroatoms. The van der Waals surface area contributed by atoms with Crippen LogP contribution in [0.4, 0.5) is 0 Å². The molecule has 0 bridgehead atoms. The number of nitrogens with two attached hydrogens (primary N) is 1. The average molecular weight is 277 g/mol. The third-order valence-corrected chi connectivity index (χ3v) is 3.83. The molecule has 1 aromatic rings. The molecule has 1 aromatic heterocycles. The van der Waals surface area contributed by atoms with Gasteiger partial charge in [-0.05, 0) is 24.5 Å². The van der Waals surface area contributed by atoms with Gasteiger partial charge in [-0.1, -0.05) is 37.9 Å². The molecule has 102 valence electrons. The van der Waals surface area contributed by atoms with Crippen LogP contribution in [0.5, 0.6) is 0 Å². The Bertz CT molecular complexity index is 452. The molecule has 0 aromatic carbocycles. The number of rotatable bonds is 5. The largest absolute Gasteiger partial charge is 0.389 e. The van der Waals surface area contributed by atoms with Crippen molar-refractivity contribution in [2.24, 2.45) is 11.7 Å². The summed E-state index contributed by atoms with van der Waals surface area (Å²) in [6.45, 7) is 0.724. The van der Waals surface area contributed by atoms with Crippen molar-refractivity contribution in [3.8, 4) is 0 Å². The van der Waals surface area contributed by atoms with Crippen LogP contribution in [0.15, 0.2) is 18.3 Å². The maximum absolute atomic E-state index is 11.9. The number of pyridine rings is 1. The van der Waals surface area contributed by atoms with Crippen molar-refractivity contribution in [3.05, 3.63) is 29.6 Å². The van der Waals surface area contributed by atoms with E-state index in [4.69, 9.17) is 18.0 Å². The lowest BCUT2D eigenvalue weighted by molar-refractivity contribution is 0.0946. The summed E-state index contributed by atoms with van der Waals surface area (Å²) in [4.78, 5) is 16.2. The third-order valence-electron chi connectivity index (χ3n) is 3.59. The van der Waals surface area contributed by atoms with Crippen LogP contribution in [0.2, 0.25) is 0 Å². The standard InChI is InChI=1S/C14H19N3OS/c15-13(19)11-5-6-12(17-9-11)14(18)16-8-7-10-3-1-2-4-10/h5-6,9-10H,1-4,7-8H2,(H2,15,19)(H,16,18). The molecule has 0 spiro atoms. The van der Waals surface area contributed by atoms with E-state index in [1.807, 2.05) is 0 Å². The molecule has 1 saturated carbocycles. The summed E-state index contributed by atoms with van der Waals surface area (Å²) in [5.74, 6) is 0.651. The van der Waals surface area contributed by atoms with Crippen molar-refractivity contribution in [1.82, 2.24) is 10.3 Å². The highest BCUT2D eigenvalue weighted by Gasteiger charge is 2.15. The molecule has 0 saturated heterocycles. The van der Waals surface area contributed by atoms with E-state index in [0.717, 1.165) is 18.9 Å². The Balaban J connectivity index is 1.80. The fourth-order valence-electron chi connectivity index (χ4n) is 2.45. The zero-order valence-corrected chi connectivity index (χ0v) is 11.7. The summed E-state index contributed by atoms with van der Waals surface area (Å²) in [5, 5.41) is 2.91. The van der Waals surface area contributed by atoms with Gasteiger partial charge in [0.1, 0.15) is 10.7 Å². The highest BCUT2D eigenvalue weighted by atomic mass is 32.1. The van der Waals surface area contributed by atoms with Crippen LogP contribution in [-0.4, -0.2) is 22.4 Å². The molecule has 2 rings (SSSR count). The normalized spacial score (nSPS) is 15.4. The molecule has 0 radical (unpaired) electrons. The van der Waals surface area contributed by atoms with Crippen molar-refractivity contribution in [3.63, 3.8) is 0 Å². The Morgan fingerprint density at radius 1 is 1.42 bits per heavy atom. The lowest BCUT2D eigenvalue weighted by atomic mass is 10.0. The first-order chi connectivity index (χ1) is 9.16. The van der Waals surface area contributed by atoms with Crippen molar-refractivity contribution >= 4 is 23.1 Å². The van der Waals surface area contributed by atoms with Gasteiger partial charge < -0.3 is 11.1 Å². The number of hydrogen-bond acceptors (Lipinski definition) is 3. The SMILES string of the molecule is NC(=S)c1ccc(C(=O)NCCC2CCCC2)nc1. The average Bonchev–Trinajstić information content (AvgIpc) is 2.92. The number of carbonyl (C=O) groups excluding carboxylic acids is 1. The minimum Gasteiger partial charge on any atom is -0.389 e. The molecule has 0 atom stereocenters. The van der Waals surface area contributed by atoms with E-state index < -0.39 is 0 Å². The third kappa shape index (κ3) is 3.99. The number of aromatic nitrogens is 1. The second kappa shape index (κ2) is 6.61. The molecule has 4 nitrogen and oxygen atoms in total. The zero-order valence-electron chi connectivity index (χ0n) is 10.9. The van der Waals surface area contributed by atoms with Gasteiger partial charge in [-0.2, -0.15) is 0 Å². The monoisotopic (exact) mass is 277 g/mol. The molecule has 3 N–H and O–H groups in total. The number of nitrogens with one attached hydrogen (secondary N) is 1. The van der Waals surface area contributed by atoms with E-state index in [-0.39, 0.29) is 5.91 Å². The highest BCUT2D eigenvalue weighted by molar-refractivity contribution is 7.80. The van der Waals surface area contributed by atoms with Crippen molar-refractivity contribution in [2.75, 3.05) is 6.54 Å². The molecular weight excluding hydrogens is 258 g/mol. The van der Waals surface area contributed by atoms with E-state index in [2.05, 4.69) is 10.3 Å². The fourth-order valence-corrected chi connectivity index (χ4v) is 2.57. The van der Waals surface area contributed by atoms with E-state index in [9.17, 15) is 4.79 Å². The van der Waals surface area contributed by atoms with Gasteiger partial charge in [0.15, 0.2) is 0 Å². The molecular formula is C14H19N3OS. The van der Waals surface area contributed by atoms with Gasteiger partial charge in [-0.25, -0.2) is 0 Å². The maximum atomic E-state index is 11.9. The summed E-state index contributed by atoms with van der Waals surface area (Å²) in [6.07, 6.45) is 7.87. The van der Waals surface area contributed by atoms with Gasteiger partial charge in [-0.15, -0.1) is 0 Å². The van der Waals surface area contributed by atoms with Crippen LogP contribution >= 0.6 is 12.2 Å². The first-order valence-electron chi connectivity index (χ1n) is 6.71. The maximum Gasteiger partial charge on any atom is 0.269 e. The molecule has 1 fully saturated rings. The van der Waals surface area contributed by atoms with Gasteiger partial charge in [0.2, 0.25) is 0 Å². The summed E-state index contributed by atoms with van der Waals surface area (Å²) >= 11 is 4.84. The Morgan fingerprint density at radius 3 is 2.74 bits per heavy atom. The molecule has 1 aliphatic rings. The summed E-state index contributed by atoms with van der Waals surface area (Å²) in [7, 11) is 0. The van der Waals surface area contributed by atoms with Crippen LogP contribution in [0.25, 0.3) is 0 Å². The van der Waals surface area contributed by atoms with E-state index in [1.54, 1.807) is 12.1 Å². The van der Waals surface area contributed by atoms with Crippen molar-refractivity contribution in [1.29, 1.82) is 0 Å². The first-order valence-corrected chi connectivity index (χ1v) is 7.11. The van der Waals surface area contributed by atoms with E-state index >= 15 is 0 Å². The van der Waals surface area contributed by atoms with Gasteiger partial charge in [0.05, 0.1) is 0 Å². The van der Waals surface area contributed by atoms with Gasteiger partial charge >= 0.3 is 0 Å². The second-order valence-electron chi connectivity index (χ2n) is 4.99. The summed E-state index contributed by atoms with van der Waals surface area (Å²) in [6, 6.07) is 3.38. The first kappa shape index (κ1) is 13.9. The van der Waals surface area contributed by atoms with E-state index in [0.29, 0.717) is 16.2 Å². The Morgan fingerprint density at radius 2 is 2.16 bits per heavy atom. The Labute approximate surface area is 118 Å². The van der Waals surface area contributed by atoms with Crippen LogP contribution in [0.3, 0.4) is 0 Å². The van der Waals surface area contributed by atoms with Crippen LogP contribution < -0.4 is 11.1 Å². The molecule has 1 heterocycles. The van der Waals surface area contributed by atoms with E-state index in [1.165, 1.54) is 31.9 Å². The lowest BCUT2D eigenvalue weighted by Crippen LogP contribution is -2.26. The van der Waals surface area contributed by atoms with Crippen LogP contribution in [-0.2, 0) is 0 Å². The van der Waals surface area contributed by atoms with Gasteiger partial charge in [-0.3, -0.25) is 9.78 Å². The van der Waals surface area contributed by atoms with Gasteiger partial charge in [0, 0.05) is 18.3 Å². The van der Waals surface area contributed by atoms with Crippen LogP contribution in [0.1, 0.15) is 48.2 Å². The van der Waals surface area contributed by atoms with Crippen LogP contribution in [0, 0.1) is 5.92 Å². The number of nitrogens with zero attached hydrogens (tertiary/aromatic N) is 1. The quantitative estimate of drug-likeness (QED) is 0.808. The molecule has 1 amide bonds. The minimum absolute atomic E-state index is 0.132. The number of amides is 1. The summed E-state index contributed by atoms with van der Waals surface area (Å²) in [5.41, 5.74) is 6.57. The van der Waals surface area contributed by atoms with Gasteiger partial charge in [0.25, 0.3) is 5.91 Å². The molecule has 0 unspecified atom stereocenters. The Kier molecular flexibility index (Phi) is 4.85. The smallest absolute Gasteiger partial charge is 0.269 e. The Hall–Kier alpha value is -1.49. The predicted octanol–water partition coefficient (Wildman–Crippen LogP) is 2.03. The lowest BCUT2D eigenvalue weighted by Gasteiger charge is -2.09. The second-order valence-corrected chi connectivity index (χ2v) is 5.43. The molecule has 0 aliphatic heterocycles. The molecule has 19 heavy (non-hydrogen) atoms. The molecule has 1 aliphatic carbocycles. The summed E-state index contributed by atoms with van der Waals surface area (Å²) < 4.78 is 0. The number of carbonyl (C=O) groups is 1. The van der Waals surface area contributed by atoms with Crippen molar-refractivity contribution < 1.29 is 4.79 Å². The number of hydrogen-bond donors (Lipinski definition) is 2. The fraction of sp³-hybridized carbons (Fsp3) is 0.500. The minimum atomic E-state index is -0.132.